The average Bonchev–Trinajstić information content (AvgIpc) is 2.29. The number of aromatic nitrogens is 1. The Morgan fingerprint density at radius 2 is 2.36 bits per heavy atom. The minimum atomic E-state index is 0.282. The first kappa shape index (κ1) is 7.92. The van der Waals surface area contributed by atoms with Crippen molar-refractivity contribution in [3.63, 3.8) is 0 Å². The van der Waals surface area contributed by atoms with E-state index in [4.69, 9.17) is 0 Å². The molecule has 1 aromatic heterocycles. The number of aryl methyl sites for hydroxylation is 1. The van der Waals surface area contributed by atoms with Gasteiger partial charge < -0.3 is 0 Å². The van der Waals surface area contributed by atoms with Crippen molar-refractivity contribution in [2.45, 2.75) is 18.9 Å². The van der Waals surface area contributed by atoms with Crippen molar-refractivity contribution >= 4 is 6.21 Å². The van der Waals surface area contributed by atoms with Crippen LogP contribution < -0.4 is 0 Å². The molecule has 0 N–H and O–H groups in total. The van der Waals surface area contributed by atoms with Gasteiger partial charge in [0.15, 0.2) is 0 Å². The summed E-state index contributed by atoms with van der Waals surface area (Å²) < 4.78 is 0. The number of nitrogens with zero attached hydrogens (tertiary/aromatic N) is 2. The Labute approximate surface area is 83.4 Å². The fourth-order valence-electron chi connectivity index (χ4n) is 2.33. The van der Waals surface area contributed by atoms with Crippen LogP contribution in [0.4, 0.5) is 0 Å². The third-order valence-corrected chi connectivity index (χ3v) is 3.05. The first-order valence-electron chi connectivity index (χ1n) is 5.09. The molecule has 0 bridgehead atoms. The molecule has 0 radical (unpaired) electrons. The highest BCUT2D eigenvalue weighted by Gasteiger charge is 2.28. The minimum absolute atomic E-state index is 0.282. The monoisotopic (exact) mass is 184 g/mol. The predicted octanol–water partition coefficient (Wildman–Crippen LogP) is 2.33. The normalized spacial score (nSPS) is 28.3. The Balaban J connectivity index is 2.09. The molecule has 1 aromatic rings. The molecule has 0 saturated heterocycles. The van der Waals surface area contributed by atoms with E-state index in [1.807, 2.05) is 18.5 Å². The number of rotatable bonds is 0. The van der Waals surface area contributed by atoms with Crippen LogP contribution in [0.1, 0.15) is 23.7 Å². The first-order valence-corrected chi connectivity index (χ1v) is 5.09. The molecule has 70 valence electrons. The van der Waals surface area contributed by atoms with E-state index in [1.54, 1.807) is 0 Å². The number of pyridine rings is 1. The van der Waals surface area contributed by atoms with Gasteiger partial charge in [-0.2, -0.15) is 0 Å². The van der Waals surface area contributed by atoms with Crippen LogP contribution in [-0.2, 0) is 6.42 Å². The lowest BCUT2D eigenvalue weighted by atomic mass is 9.82. The topological polar surface area (TPSA) is 25.2 Å². The lowest BCUT2D eigenvalue weighted by molar-refractivity contribution is 0.444. The number of allylic oxidation sites excluding steroid dienone is 1. The molecular weight excluding hydrogens is 172 g/mol. The highest BCUT2D eigenvalue weighted by atomic mass is 14.9. The van der Waals surface area contributed by atoms with Crippen molar-refractivity contribution < 1.29 is 0 Å². The molecule has 14 heavy (non-hydrogen) atoms. The number of dihydropyridines is 1. The molecule has 3 rings (SSSR count). The molecular formula is C12H12N2. The van der Waals surface area contributed by atoms with Crippen LogP contribution in [0.15, 0.2) is 35.5 Å². The smallest absolute Gasteiger partial charge is 0.0984 e. The van der Waals surface area contributed by atoms with Gasteiger partial charge in [-0.3, -0.25) is 9.98 Å². The van der Waals surface area contributed by atoms with Gasteiger partial charge in [-0.1, -0.05) is 12.1 Å². The molecule has 0 aromatic carbocycles. The van der Waals surface area contributed by atoms with Crippen molar-refractivity contribution in [3.05, 3.63) is 41.7 Å². The van der Waals surface area contributed by atoms with E-state index in [2.05, 4.69) is 28.2 Å². The van der Waals surface area contributed by atoms with Gasteiger partial charge in [0.1, 0.15) is 0 Å². The van der Waals surface area contributed by atoms with Gasteiger partial charge >= 0.3 is 0 Å². The third-order valence-electron chi connectivity index (χ3n) is 3.05. The number of hydrogen-bond acceptors (Lipinski definition) is 2. The lowest BCUT2D eigenvalue weighted by Gasteiger charge is -2.29. The molecule has 0 fully saturated rings. The second kappa shape index (κ2) is 3.05. The molecule has 0 spiro atoms. The van der Waals surface area contributed by atoms with Crippen LogP contribution >= 0.6 is 0 Å². The van der Waals surface area contributed by atoms with E-state index in [9.17, 15) is 0 Å². The summed E-state index contributed by atoms with van der Waals surface area (Å²) in [4.78, 5) is 8.97. The standard InChI is InChI=1S/C12H12N2/c1-3-9-5-6-10-4-2-8-14-12(10)11(9)13-7-1/h1-4,7-9,11H,5-6H2/t9?,11-/m1/s1. The van der Waals surface area contributed by atoms with Crippen LogP contribution in [0.3, 0.4) is 0 Å². The maximum absolute atomic E-state index is 4.52. The highest BCUT2D eigenvalue weighted by Crippen LogP contribution is 2.37. The molecule has 0 amide bonds. The van der Waals surface area contributed by atoms with Crippen molar-refractivity contribution in [3.8, 4) is 0 Å². The molecule has 2 heteroatoms. The van der Waals surface area contributed by atoms with Gasteiger partial charge in [-0.25, -0.2) is 0 Å². The lowest BCUT2D eigenvalue weighted by Crippen LogP contribution is -2.20. The van der Waals surface area contributed by atoms with E-state index >= 15 is 0 Å². The van der Waals surface area contributed by atoms with Crippen molar-refractivity contribution in [2.24, 2.45) is 10.9 Å². The van der Waals surface area contributed by atoms with E-state index in [0.29, 0.717) is 5.92 Å². The molecule has 0 saturated carbocycles. The molecule has 1 aliphatic heterocycles. The average molecular weight is 184 g/mol. The van der Waals surface area contributed by atoms with Crippen molar-refractivity contribution in [2.75, 3.05) is 0 Å². The zero-order valence-electron chi connectivity index (χ0n) is 7.93. The van der Waals surface area contributed by atoms with E-state index in [1.165, 1.54) is 17.7 Å². The van der Waals surface area contributed by atoms with Crippen LogP contribution in [-0.4, -0.2) is 11.2 Å². The summed E-state index contributed by atoms with van der Waals surface area (Å²) in [6.07, 6.45) is 10.4. The number of aliphatic imine (C=N–C) groups is 1. The Hall–Kier alpha value is -1.44. The molecule has 1 aliphatic carbocycles. The fraction of sp³-hybridized carbons (Fsp3) is 0.333. The molecule has 1 unspecified atom stereocenters. The van der Waals surface area contributed by atoms with E-state index in [-0.39, 0.29) is 6.04 Å². The second-order valence-electron chi connectivity index (χ2n) is 3.88. The predicted molar refractivity (Wildman–Crippen MR) is 56.4 cm³/mol. The van der Waals surface area contributed by atoms with Gasteiger partial charge in [0.05, 0.1) is 11.7 Å². The second-order valence-corrected chi connectivity index (χ2v) is 3.88. The molecule has 2 nitrogen and oxygen atoms in total. The van der Waals surface area contributed by atoms with Crippen LogP contribution in [0.25, 0.3) is 0 Å². The SMILES string of the molecule is C1=CC2CCc3cccnc3[C@@H]2N=C1. The van der Waals surface area contributed by atoms with E-state index in [0.717, 1.165) is 6.42 Å². The zero-order valence-corrected chi connectivity index (χ0v) is 7.93. The summed E-state index contributed by atoms with van der Waals surface area (Å²) in [6.45, 7) is 0. The number of fused-ring (bicyclic) bond motifs is 3. The van der Waals surface area contributed by atoms with Gasteiger partial charge in [-0.05, 0) is 30.5 Å². The molecule has 2 atom stereocenters. The van der Waals surface area contributed by atoms with Crippen molar-refractivity contribution in [1.29, 1.82) is 0 Å². The minimum Gasteiger partial charge on any atom is -0.283 e. The number of hydrogen-bond donors (Lipinski definition) is 0. The summed E-state index contributed by atoms with van der Waals surface area (Å²) in [5, 5.41) is 0. The maximum Gasteiger partial charge on any atom is 0.0984 e. The van der Waals surface area contributed by atoms with Crippen LogP contribution in [0.2, 0.25) is 0 Å². The third kappa shape index (κ3) is 1.10. The summed E-state index contributed by atoms with van der Waals surface area (Å²) in [7, 11) is 0. The van der Waals surface area contributed by atoms with E-state index < -0.39 is 0 Å². The summed E-state index contributed by atoms with van der Waals surface area (Å²) in [5.41, 5.74) is 2.56. The Morgan fingerprint density at radius 3 is 3.36 bits per heavy atom. The quantitative estimate of drug-likeness (QED) is 0.607. The first-order chi connectivity index (χ1) is 6.95. The van der Waals surface area contributed by atoms with Gasteiger partial charge in [0, 0.05) is 18.3 Å². The molecule has 2 heterocycles. The maximum atomic E-state index is 4.52. The van der Waals surface area contributed by atoms with Crippen LogP contribution in [0.5, 0.6) is 0 Å². The van der Waals surface area contributed by atoms with Gasteiger partial charge in [-0.15, -0.1) is 0 Å². The summed E-state index contributed by atoms with van der Waals surface area (Å²) in [6, 6.07) is 4.47. The Bertz CT molecular complexity index is 407. The van der Waals surface area contributed by atoms with Gasteiger partial charge in [0.2, 0.25) is 0 Å². The van der Waals surface area contributed by atoms with Crippen molar-refractivity contribution in [1.82, 2.24) is 4.98 Å². The fourth-order valence-corrected chi connectivity index (χ4v) is 2.33. The Kier molecular flexibility index (Phi) is 1.72. The largest absolute Gasteiger partial charge is 0.283 e. The summed E-state index contributed by atoms with van der Waals surface area (Å²) in [5.74, 6) is 0.572. The highest BCUT2D eigenvalue weighted by molar-refractivity contribution is 5.72. The van der Waals surface area contributed by atoms with Crippen LogP contribution in [0, 0.1) is 5.92 Å². The Morgan fingerprint density at radius 1 is 1.36 bits per heavy atom. The summed E-state index contributed by atoms with van der Waals surface area (Å²) >= 11 is 0. The van der Waals surface area contributed by atoms with Gasteiger partial charge in [0.25, 0.3) is 0 Å². The zero-order chi connectivity index (χ0) is 9.38. The molecule has 2 aliphatic rings.